The van der Waals surface area contributed by atoms with E-state index >= 15 is 0 Å². The lowest BCUT2D eigenvalue weighted by Crippen LogP contribution is -2.20. The van der Waals surface area contributed by atoms with E-state index in [1.165, 1.54) is 0 Å². The summed E-state index contributed by atoms with van der Waals surface area (Å²) >= 11 is 5.77. The highest BCUT2D eigenvalue weighted by molar-refractivity contribution is 6.30. The van der Waals surface area contributed by atoms with Gasteiger partial charge in [-0.2, -0.15) is 0 Å². The van der Waals surface area contributed by atoms with E-state index in [2.05, 4.69) is 21.5 Å². The lowest BCUT2D eigenvalue weighted by molar-refractivity contribution is -0.109. The van der Waals surface area contributed by atoms with E-state index in [9.17, 15) is 9.59 Å². The highest BCUT2D eigenvalue weighted by Crippen LogP contribution is 2.16. The molecule has 0 heterocycles. The average Bonchev–Trinajstić information content (AvgIpc) is 2.48. The summed E-state index contributed by atoms with van der Waals surface area (Å²) in [5.74, 6) is 0. The van der Waals surface area contributed by atoms with Crippen LogP contribution < -0.4 is 21.5 Å². The Morgan fingerprint density at radius 1 is 0.952 bits per heavy atom. The fourth-order valence-electron chi connectivity index (χ4n) is 1.61. The minimum Gasteiger partial charge on any atom is -0.308 e. The predicted molar refractivity (Wildman–Crippen MR) is 83.4 cm³/mol. The van der Waals surface area contributed by atoms with Gasteiger partial charge in [-0.15, -0.1) is 0 Å². The number of carbonyl (C=O) groups is 2. The van der Waals surface area contributed by atoms with E-state index in [0.29, 0.717) is 28.5 Å². The van der Waals surface area contributed by atoms with E-state index < -0.39 is 0 Å². The Hall–Kier alpha value is -2.73. The van der Waals surface area contributed by atoms with Gasteiger partial charge >= 0.3 is 6.03 Å². The molecule has 2 aromatic rings. The molecular weight excluding hydrogens is 292 g/mol. The first kappa shape index (κ1) is 14.7. The van der Waals surface area contributed by atoms with Gasteiger partial charge in [-0.05, 0) is 42.5 Å². The second-order valence-corrected chi connectivity index (χ2v) is 4.49. The van der Waals surface area contributed by atoms with Crippen molar-refractivity contribution in [3.05, 3.63) is 53.6 Å². The Bertz CT molecular complexity index is 631. The van der Waals surface area contributed by atoms with Crippen molar-refractivity contribution in [3.8, 4) is 0 Å². The van der Waals surface area contributed by atoms with Crippen molar-refractivity contribution in [1.29, 1.82) is 0 Å². The smallest absolute Gasteiger partial charge is 0.308 e. The Morgan fingerprint density at radius 2 is 1.62 bits per heavy atom. The minimum absolute atomic E-state index is 0.377. The van der Waals surface area contributed by atoms with E-state index in [1.807, 2.05) is 0 Å². The zero-order valence-corrected chi connectivity index (χ0v) is 11.6. The van der Waals surface area contributed by atoms with Crippen LogP contribution in [-0.2, 0) is 4.79 Å². The first-order valence-electron chi connectivity index (χ1n) is 6.06. The maximum absolute atomic E-state index is 11.8. The maximum Gasteiger partial charge on any atom is 0.323 e. The molecule has 108 valence electrons. The molecule has 0 fully saturated rings. The number of hydrazine groups is 1. The first-order chi connectivity index (χ1) is 10.2. The van der Waals surface area contributed by atoms with Gasteiger partial charge < -0.3 is 10.6 Å². The number of benzene rings is 2. The van der Waals surface area contributed by atoms with Gasteiger partial charge in [-0.3, -0.25) is 15.6 Å². The summed E-state index contributed by atoms with van der Waals surface area (Å²) in [7, 11) is 0. The first-order valence-corrected chi connectivity index (χ1v) is 6.44. The monoisotopic (exact) mass is 304 g/mol. The molecule has 0 aliphatic carbocycles. The topological polar surface area (TPSA) is 82.3 Å². The van der Waals surface area contributed by atoms with Crippen molar-refractivity contribution >= 4 is 41.1 Å². The Kier molecular flexibility index (Phi) is 5.00. The number of amides is 3. The number of hydrogen-bond acceptors (Lipinski definition) is 3. The zero-order chi connectivity index (χ0) is 15.1. The van der Waals surface area contributed by atoms with Crippen molar-refractivity contribution in [3.63, 3.8) is 0 Å². The normalized spacial score (nSPS) is 9.57. The molecule has 2 rings (SSSR count). The highest BCUT2D eigenvalue weighted by atomic mass is 35.5. The number of nitrogens with one attached hydrogen (secondary N) is 4. The van der Waals surface area contributed by atoms with E-state index in [-0.39, 0.29) is 6.03 Å². The van der Waals surface area contributed by atoms with Crippen LogP contribution in [0.5, 0.6) is 0 Å². The molecule has 0 atom stereocenters. The zero-order valence-electron chi connectivity index (χ0n) is 10.9. The standard InChI is InChI=1S/C14H13ClN4O2/c15-10-4-6-11(7-5-10)17-14(21)18-12-2-1-3-13(8-12)19-16-9-20/h1-9,19H,(H,16,20)(H2,17,18,21). The number of carbonyl (C=O) groups excluding carboxylic acids is 2. The summed E-state index contributed by atoms with van der Waals surface area (Å²) in [5, 5.41) is 5.96. The highest BCUT2D eigenvalue weighted by Gasteiger charge is 2.03. The molecule has 0 spiro atoms. The second kappa shape index (κ2) is 7.16. The van der Waals surface area contributed by atoms with Gasteiger partial charge in [-0.1, -0.05) is 17.7 Å². The molecule has 4 N–H and O–H groups in total. The van der Waals surface area contributed by atoms with Crippen LogP contribution in [0, 0.1) is 0 Å². The summed E-state index contributed by atoms with van der Waals surface area (Å²) in [4.78, 5) is 22.0. The molecule has 0 radical (unpaired) electrons. The average molecular weight is 305 g/mol. The van der Waals surface area contributed by atoms with Crippen LogP contribution in [0.2, 0.25) is 5.02 Å². The van der Waals surface area contributed by atoms with Gasteiger partial charge in [0, 0.05) is 16.4 Å². The molecule has 0 aliphatic rings. The third kappa shape index (κ3) is 4.70. The molecule has 0 aromatic heterocycles. The number of rotatable bonds is 5. The Morgan fingerprint density at radius 3 is 2.33 bits per heavy atom. The van der Waals surface area contributed by atoms with Gasteiger partial charge in [0.1, 0.15) is 0 Å². The fourth-order valence-corrected chi connectivity index (χ4v) is 1.74. The third-order valence-corrected chi connectivity index (χ3v) is 2.75. The van der Waals surface area contributed by atoms with Crippen LogP contribution >= 0.6 is 11.6 Å². The molecular formula is C14H13ClN4O2. The van der Waals surface area contributed by atoms with Crippen LogP contribution in [0.1, 0.15) is 0 Å². The third-order valence-electron chi connectivity index (χ3n) is 2.50. The number of anilines is 3. The van der Waals surface area contributed by atoms with Crippen LogP contribution in [0.4, 0.5) is 21.9 Å². The van der Waals surface area contributed by atoms with E-state index in [1.54, 1.807) is 48.5 Å². The lowest BCUT2D eigenvalue weighted by atomic mass is 10.3. The Balaban J connectivity index is 1.95. The molecule has 0 saturated heterocycles. The van der Waals surface area contributed by atoms with Crippen molar-refractivity contribution in [2.75, 3.05) is 16.1 Å². The summed E-state index contributed by atoms with van der Waals surface area (Å²) in [6.07, 6.45) is 0.521. The van der Waals surface area contributed by atoms with Crippen molar-refractivity contribution < 1.29 is 9.59 Å². The van der Waals surface area contributed by atoms with Crippen LogP contribution in [0.15, 0.2) is 48.5 Å². The summed E-state index contributed by atoms with van der Waals surface area (Å²) in [6.45, 7) is 0. The summed E-state index contributed by atoms with van der Waals surface area (Å²) in [5.41, 5.74) is 6.84. The van der Waals surface area contributed by atoms with Gasteiger partial charge in [0.15, 0.2) is 0 Å². The van der Waals surface area contributed by atoms with Crippen molar-refractivity contribution in [1.82, 2.24) is 5.43 Å². The van der Waals surface area contributed by atoms with Crippen molar-refractivity contribution in [2.24, 2.45) is 0 Å². The molecule has 7 heteroatoms. The van der Waals surface area contributed by atoms with Gasteiger partial charge in [0.05, 0.1) is 5.69 Å². The predicted octanol–water partition coefficient (Wildman–Crippen LogP) is 3.06. The lowest BCUT2D eigenvalue weighted by Gasteiger charge is -2.09. The summed E-state index contributed by atoms with van der Waals surface area (Å²) < 4.78 is 0. The molecule has 21 heavy (non-hydrogen) atoms. The summed E-state index contributed by atoms with van der Waals surface area (Å²) in [6, 6.07) is 13.3. The second-order valence-electron chi connectivity index (χ2n) is 4.05. The molecule has 0 saturated carbocycles. The largest absolute Gasteiger partial charge is 0.323 e. The molecule has 0 unspecified atom stereocenters. The van der Waals surface area contributed by atoms with E-state index in [4.69, 9.17) is 11.6 Å². The molecule has 2 aromatic carbocycles. The van der Waals surface area contributed by atoms with E-state index in [0.717, 1.165) is 0 Å². The van der Waals surface area contributed by atoms with Gasteiger partial charge in [-0.25, -0.2) is 4.79 Å². The quantitative estimate of drug-likeness (QED) is 0.506. The van der Waals surface area contributed by atoms with Crippen LogP contribution in [0.3, 0.4) is 0 Å². The Labute approximate surface area is 126 Å². The molecule has 0 aliphatic heterocycles. The number of urea groups is 1. The molecule has 0 bridgehead atoms. The maximum atomic E-state index is 11.8. The molecule has 6 nitrogen and oxygen atoms in total. The van der Waals surface area contributed by atoms with Gasteiger partial charge in [0.2, 0.25) is 6.41 Å². The number of hydrogen-bond donors (Lipinski definition) is 4. The van der Waals surface area contributed by atoms with Gasteiger partial charge in [0.25, 0.3) is 0 Å². The van der Waals surface area contributed by atoms with Crippen molar-refractivity contribution in [2.45, 2.75) is 0 Å². The number of halogens is 1. The SMILES string of the molecule is O=CNNc1cccc(NC(=O)Nc2ccc(Cl)cc2)c1. The van der Waals surface area contributed by atoms with Crippen LogP contribution in [0.25, 0.3) is 0 Å². The molecule has 3 amide bonds. The minimum atomic E-state index is -0.377. The fraction of sp³-hybridized carbons (Fsp3) is 0. The van der Waals surface area contributed by atoms with Crippen LogP contribution in [-0.4, -0.2) is 12.4 Å².